The van der Waals surface area contributed by atoms with Crippen molar-refractivity contribution in [2.24, 2.45) is 5.92 Å². The van der Waals surface area contributed by atoms with Gasteiger partial charge in [0.05, 0.1) is 12.2 Å². The SMILES string of the molecule is Cc1cc(C)n(Cc2cccc(C(=O)NCC3NCCC3C)c2)n1. The van der Waals surface area contributed by atoms with Crippen molar-refractivity contribution in [3.05, 3.63) is 52.8 Å². The van der Waals surface area contributed by atoms with E-state index in [9.17, 15) is 4.79 Å². The molecule has 3 rings (SSSR count). The van der Waals surface area contributed by atoms with E-state index in [-0.39, 0.29) is 5.91 Å². The first-order valence-corrected chi connectivity index (χ1v) is 8.64. The number of hydrogen-bond acceptors (Lipinski definition) is 3. The van der Waals surface area contributed by atoms with E-state index in [1.165, 1.54) is 6.42 Å². The van der Waals surface area contributed by atoms with E-state index in [0.717, 1.165) is 23.5 Å². The average molecular weight is 326 g/mol. The number of benzene rings is 1. The Balaban J connectivity index is 1.63. The Morgan fingerprint density at radius 2 is 2.21 bits per heavy atom. The highest BCUT2D eigenvalue weighted by Gasteiger charge is 2.23. The van der Waals surface area contributed by atoms with Crippen LogP contribution in [-0.4, -0.2) is 34.8 Å². The summed E-state index contributed by atoms with van der Waals surface area (Å²) in [6.07, 6.45) is 1.18. The number of rotatable bonds is 5. The summed E-state index contributed by atoms with van der Waals surface area (Å²) < 4.78 is 1.97. The Bertz CT molecular complexity index is 722. The highest BCUT2D eigenvalue weighted by Crippen LogP contribution is 2.14. The van der Waals surface area contributed by atoms with Crippen molar-refractivity contribution in [2.75, 3.05) is 13.1 Å². The molecule has 1 saturated heterocycles. The minimum absolute atomic E-state index is 0.00822. The van der Waals surface area contributed by atoms with Crippen molar-refractivity contribution in [3.63, 3.8) is 0 Å². The van der Waals surface area contributed by atoms with Gasteiger partial charge in [0.15, 0.2) is 0 Å². The van der Waals surface area contributed by atoms with Gasteiger partial charge in [-0.2, -0.15) is 5.10 Å². The van der Waals surface area contributed by atoms with Gasteiger partial charge in [0, 0.05) is 23.8 Å². The zero-order chi connectivity index (χ0) is 17.1. The van der Waals surface area contributed by atoms with Gasteiger partial charge in [-0.15, -0.1) is 0 Å². The summed E-state index contributed by atoms with van der Waals surface area (Å²) >= 11 is 0. The molecule has 1 aliphatic rings. The lowest BCUT2D eigenvalue weighted by atomic mass is 10.0. The first-order valence-electron chi connectivity index (χ1n) is 8.64. The predicted octanol–water partition coefficient (Wildman–Crippen LogP) is 2.28. The molecule has 128 valence electrons. The molecule has 1 aromatic carbocycles. The summed E-state index contributed by atoms with van der Waals surface area (Å²) in [6.45, 7) is 8.67. The third-order valence-corrected chi connectivity index (χ3v) is 4.80. The van der Waals surface area contributed by atoms with Gasteiger partial charge >= 0.3 is 0 Å². The first-order chi connectivity index (χ1) is 11.5. The number of nitrogens with one attached hydrogen (secondary N) is 2. The molecule has 1 aliphatic heterocycles. The summed E-state index contributed by atoms with van der Waals surface area (Å²) in [7, 11) is 0. The van der Waals surface area contributed by atoms with Crippen LogP contribution in [-0.2, 0) is 6.54 Å². The van der Waals surface area contributed by atoms with E-state index >= 15 is 0 Å². The number of hydrogen-bond donors (Lipinski definition) is 2. The monoisotopic (exact) mass is 326 g/mol. The highest BCUT2D eigenvalue weighted by molar-refractivity contribution is 5.94. The second-order valence-corrected chi connectivity index (χ2v) is 6.82. The summed E-state index contributed by atoms with van der Waals surface area (Å²) in [6, 6.07) is 10.2. The van der Waals surface area contributed by atoms with E-state index in [1.54, 1.807) is 0 Å². The van der Waals surface area contributed by atoms with Crippen LogP contribution in [0.4, 0.5) is 0 Å². The van der Waals surface area contributed by atoms with Crippen LogP contribution < -0.4 is 10.6 Å². The molecule has 5 nitrogen and oxygen atoms in total. The van der Waals surface area contributed by atoms with E-state index in [0.29, 0.717) is 30.6 Å². The van der Waals surface area contributed by atoms with Crippen molar-refractivity contribution in [2.45, 2.75) is 39.8 Å². The van der Waals surface area contributed by atoms with E-state index in [4.69, 9.17) is 0 Å². The minimum atomic E-state index is -0.00822. The van der Waals surface area contributed by atoms with E-state index in [1.807, 2.05) is 42.8 Å². The maximum atomic E-state index is 12.4. The van der Waals surface area contributed by atoms with Crippen LogP contribution in [0.1, 0.15) is 40.7 Å². The van der Waals surface area contributed by atoms with Gasteiger partial charge in [0.1, 0.15) is 0 Å². The molecule has 2 aromatic rings. The molecule has 5 heteroatoms. The Morgan fingerprint density at radius 1 is 1.38 bits per heavy atom. The maximum Gasteiger partial charge on any atom is 0.251 e. The first kappa shape index (κ1) is 16.7. The van der Waals surface area contributed by atoms with Crippen LogP contribution in [0.2, 0.25) is 0 Å². The molecule has 2 N–H and O–H groups in total. The van der Waals surface area contributed by atoms with Gasteiger partial charge in [-0.05, 0) is 56.5 Å². The lowest BCUT2D eigenvalue weighted by Gasteiger charge is -2.16. The zero-order valence-electron chi connectivity index (χ0n) is 14.7. The van der Waals surface area contributed by atoms with E-state index < -0.39 is 0 Å². The third kappa shape index (κ3) is 3.85. The Morgan fingerprint density at radius 3 is 2.88 bits per heavy atom. The van der Waals surface area contributed by atoms with Crippen molar-refractivity contribution in [1.29, 1.82) is 0 Å². The van der Waals surface area contributed by atoms with Gasteiger partial charge in [-0.3, -0.25) is 9.48 Å². The lowest BCUT2D eigenvalue weighted by Crippen LogP contribution is -2.39. The molecule has 1 amide bonds. The van der Waals surface area contributed by atoms with Crippen LogP contribution in [0, 0.1) is 19.8 Å². The molecule has 0 spiro atoms. The second kappa shape index (κ2) is 7.18. The van der Waals surface area contributed by atoms with Gasteiger partial charge in [-0.1, -0.05) is 19.1 Å². The molecule has 0 radical (unpaired) electrons. The molecule has 2 heterocycles. The second-order valence-electron chi connectivity index (χ2n) is 6.82. The summed E-state index contributed by atoms with van der Waals surface area (Å²) in [4.78, 5) is 12.4. The molecular formula is C19H26N4O. The smallest absolute Gasteiger partial charge is 0.251 e. The maximum absolute atomic E-state index is 12.4. The number of aryl methyl sites for hydroxylation is 2. The highest BCUT2D eigenvalue weighted by atomic mass is 16.1. The van der Waals surface area contributed by atoms with Crippen LogP contribution in [0.3, 0.4) is 0 Å². The predicted molar refractivity (Wildman–Crippen MR) is 95.1 cm³/mol. The fraction of sp³-hybridized carbons (Fsp3) is 0.474. The summed E-state index contributed by atoms with van der Waals surface area (Å²) in [5.41, 5.74) is 3.93. The van der Waals surface area contributed by atoms with Gasteiger partial charge in [0.25, 0.3) is 5.91 Å². The molecule has 2 unspecified atom stereocenters. The Labute approximate surface area is 143 Å². The van der Waals surface area contributed by atoms with Crippen LogP contribution in [0.5, 0.6) is 0 Å². The molecule has 2 atom stereocenters. The quantitative estimate of drug-likeness (QED) is 0.886. The lowest BCUT2D eigenvalue weighted by molar-refractivity contribution is 0.0948. The standard InChI is InChI=1S/C19H26N4O/c1-13-7-8-20-18(13)11-21-19(24)17-6-4-5-16(10-17)12-23-15(3)9-14(2)22-23/h4-6,9-10,13,18,20H,7-8,11-12H2,1-3H3,(H,21,24). The molecule has 1 fully saturated rings. The number of aromatic nitrogens is 2. The van der Waals surface area contributed by atoms with Gasteiger partial charge in [0.2, 0.25) is 0 Å². The summed E-state index contributed by atoms with van der Waals surface area (Å²) in [5, 5.41) is 11.0. The average Bonchev–Trinajstić information content (AvgIpc) is 3.10. The van der Waals surface area contributed by atoms with Gasteiger partial charge in [-0.25, -0.2) is 0 Å². The van der Waals surface area contributed by atoms with Crippen LogP contribution >= 0.6 is 0 Å². The minimum Gasteiger partial charge on any atom is -0.350 e. The van der Waals surface area contributed by atoms with Crippen LogP contribution in [0.25, 0.3) is 0 Å². The number of carbonyl (C=O) groups excluding carboxylic acids is 1. The largest absolute Gasteiger partial charge is 0.350 e. The molecule has 24 heavy (non-hydrogen) atoms. The molecule has 0 saturated carbocycles. The van der Waals surface area contributed by atoms with E-state index in [2.05, 4.69) is 28.7 Å². The normalized spacial score (nSPS) is 20.3. The Kier molecular flexibility index (Phi) is 5.00. The molecule has 0 aliphatic carbocycles. The topological polar surface area (TPSA) is 59.0 Å². The molecular weight excluding hydrogens is 300 g/mol. The molecule has 0 bridgehead atoms. The molecule has 1 aromatic heterocycles. The number of amides is 1. The van der Waals surface area contributed by atoms with Crippen LogP contribution in [0.15, 0.2) is 30.3 Å². The fourth-order valence-electron chi connectivity index (χ4n) is 3.30. The van der Waals surface area contributed by atoms with Crippen molar-refractivity contribution < 1.29 is 4.79 Å². The number of nitrogens with zero attached hydrogens (tertiary/aromatic N) is 2. The third-order valence-electron chi connectivity index (χ3n) is 4.80. The zero-order valence-corrected chi connectivity index (χ0v) is 14.7. The summed E-state index contributed by atoms with van der Waals surface area (Å²) in [5.74, 6) is 0.605. The van der Waals surface area contributed by atoms with Crippen molar-refractivity contribution >= 4 is 5.91 Å². The fourth-order valence-corrected chi connectivity index (χ4v) is 3.30. The Hall–Kier alpha value is -2.14. The van der Waals surface area contributed by atoms with Crippen molar-refractivity contribution in [3.8, 4) is 0 Å². The van der Waals surface area contributed by atoms with Gasteiger partial charge < -0.3 is 10.6 Å². The number of carbonyl (C=O) groups is 1. The van der Waals surface area contributed by atoms with Crippen molar-refractivity contribution in [1.82, 2.24) is 20.4 Å².